The number of hydrogen-bond donors (Lipinski definition) is 0. The highest BCUT2D eigenvalue weighted by atomic mass is 19.1. The second-order valence-electron chi connectivity index (χ2n) is 8.14. The lowest BCUT2D eigenvalue weighted by atomic mass is 9.90. The highest BCUT2D eigenvalue weighted by Crippen LogP contribution is 2.44. The summed E-state index contributed by atoms with van der Waals surface area (Å²) in [6, 6.07) is 18.2. The minimum Gasteiger partial charge on any atom is -0.299 e. The zero-order chi connectivity index (χ0) is 19.1. The van der Waals surface area contributed by atoms with Crippen molar-refractivity contribution < 1.29 is 4.39 Å². The van der Waals surface area contributed by atoms with E-state index in [1.54, 1.807) is 12.3 Å². The SMILES string of the molecule is CN1C[C@H]2CN(Cc3cc(F)ccc3-n3cccn3)C[C@H]2[C@@H]1c1ccccc1. The van der Waals surface area contributed by atoms with E-state index in [0.29, 0.717) is 17.9 Å². The molecule has 5 rings (SSSR count). The second kappa shape index (κ2) is 7.15. The van der Waals surface area contributed by atoms with E-state index in [1.807, 2.05) is 23.0 Å². The van der Waals surface area contributed by atoms with Gasteiger partial charge in [0, 0.05) is 44.6 Å². The van der Waals surface area contributed by atoms with E-state index in [2.05, 4.69) is 52.3 Å². The van der Waals surface area contributed by atoms with Gasteiger partial charge in [0.1, 0.15) is 5.82 Å². The Morgan fingerprint density at radius 3 is 2.68 bits per heavy atom. The maximum Gasteiger partial charge on any atom is 0.123 e. The first-order valence-corrected chi connectivity index (χ1v) is 9.95. The molecule has 1 aromatic heterocycles. The maximum atomic E-state index is 14.0. The quantitative estimate of drug-likeness (QED) is 0.693. The van der Waals surface area contributed by atoms with Crippen LogP contribution in [0.5, 0.6) is 0 Å². The molecule has 2 fully saturated rings. The molecule has 28 heavy (non-hydrogen) atoms. The molecule has 0 bridgehead atoms. The minimum atomic E-state index is -0.188. The Morgan fingerprint density at radius 1 is 1.04 bits per heavy atom. The van der Waals surface area contributed by atoms with Crippen LogP contribution in [0, 0.1) is 17.7 Å². The lowest BCUT2D eigenvalue weighted by molar-refractivity contribution is 0.224. The third-order valence-electron chi connectivity index (χ3n) is 6.30. The summed E-state index contributed by atoms with van der Waals surface area (Å²) in [6.45, 7) is 3.98. The van der Waals surface area contributed by atoms with Crippen molar-refractivity contribution in [2.24, 2.45) is 11.8 Å². The fraction of sp³-hybridized carbons (Fsp3) is 0.348. The first-order chi connectivity index (χ1) is 13.7. The topological polar surface area (TPSA) is 24.3 Å². The number of nitrogens with zero attached hydrogens (tertiary/aromatic N) is 4. The van der Waals surface area contributed by atoms with Crippen molar-refractivity contribution >= 4 is 0 Å². The molecule has 0 aliphatic carbocycles. The molecule has 0 spiro atoms. The normalized spacial score (nSPS) is 25.3. The highest BCUT2D eigenvalue weighted by Gasteiger charge is 2.45. The smallest absolute Gasteiger partial charge is 0.123 e. The van der Waals surface area contributed by atoms with Crippen molar-refractivity contribution in [1.29, 1.82) is 0 Å². The number of likely N-dealkylation sites (tertiary alicyclic amines) is 2. The van der Waals surface area contributed by atoms with Gasteiger partial charge in [0.05, 0.1) is 5.69 Å². The average molecular weight is 376 g/mol. The van der Waals surface area contributed by atoms with E-state index < -0.39 is 0 Å². The van der Waals surface area contributed by atoms with Crippen LogP contribution < -0.4 is 0 Å². The first kappa shape index (κ1) is 17.6. The van der Waals surface area contributed by atoms with E-state index in [9.17, 15) is 4.39 Å². The van der Waals surface area contributed by atoms with Gasteiger partial charge in [0.2, 0.25) is 0 Å². The van der Waals surface area contributed by atoms with Crippen molar-refractivity contribution in [2.45, 2.75) is 12.6 Å². The highest BCUT2D eigenvalue weighted by molar-refractivity contribution is 5.40. The molecule has 2 saturated heterocycles. The third-order valence-corrected chi connectivity index (χ3v) is 6.30. The van der Waals surface area contributed by atoms with Gasteiger partial charge in [-0.15, -0.1) is 0 Å². The van der Waals surface area contributed by atoms with Gasteiger partial charge < -0.3 is 0 Å². The van der Waals surface area contributed by atoms with Crippen LogP contribution in [0.2, 0.25) is 0 Å². The van der Waals surface area contributed by atoms with Crippen molar-refractivity contribution in [2.75, 3.05) is 26.7 Å². The molecule has 144 valence electrons. The Labute approximate surface area is 165 Å². The van der Waals surface area contributed by atoms with Crippen molar-refractivity contribution in [3.63, 3.8) is 0 Å². The van der Waals surface area contributed by atoms with Crippen LogP contribution in [0.1, 0.15) is 17.2 Å². The van der Waals surface area contributed by atoms with Crippen LogP contribution >= 0.6 is 0 Å². The van der Waals surface area contributed by atoms with Gasteiger partial charge in [-0.2, -0.15) is 5.10 Å². The molecule has 3 heterocycles. The Morgan fingerprint density at radius 2 is 1.89 bits per heavy atom. The number of aromatic nitrogens is 2. The van der Waals surface area contributed by atoms with Gasteiger partial charge in [-0.1, -0.05) is 30.3 Å². The van der Waals surface area contributed by atoms with Gasteiger partial charge in [0.15, 0.2) is 0 Å². The van der Waals surface area contributed by atoms with E-state index >= 15 is 0 Å². The van der Waals surface area contributed by atoms with Crippen molar-refractivity contribution in [3.8, 4) is 5.69 Å². The van der Waals surface area contributed by atoms with Crippen LogP contribution in [-0.4, -0.2) is 46.3 Å². The van der Waals surface area contributed by atoms with E-state index in [4.69, 9.17) is 0 Å². The molecule has 2 aliphatic heterocycles. The molecular weight excluding hydrogens is 351 g/mol. The summed E-state index contributed by atoms with van der Waals surface area (Å²) in [5, 5.41) is 4.34. The van der Waals surface area contributed by atoms with Gasteiger partial charge in [0.25, 0.3) is 0 Å². The number of halogens is 1. The van der Waals surface area contributed by atoms with Crippen LogP contribution in [0.25, 0.3) is 5.69 Å². The molecule has 0 unspecified atom stereocenters. The molecule has 2 aromatic carbocycles. The van der Waals surface area contributed by atoms with Crippen LogP contribution in [0.4, 0.5) is 4.39 Å². The molecule has 0 radical (unpaired) electrons. The van der Waals surface area contributed by atoms with Crippen molar-refractivity contribution in [1.82, 2.24) is 19.6 Å². The van der Waals surface area contributed by atoms with Gasteiger partial charge in [-0.3, -0.25) is 9.80 Å². The number of fused-ring (bicyclic) bond motifs is 1. The summed E-state index contributed by atoms with van der Waals surface area (Å²) >= 11 is 0. The van der Waals surface area contributed by atoms with Gasteiger partial charge >= 0.3 is 0 Å². The number of benzene rings is 2. The molecule has 2 aliphatic rings. The molecule has 3 atom stereocenters. The lowest BCUT2D eigenvalue weighted by Gasteiger charge is -2.27. The van der Waals surface area contributed by atoms with E-state index in [0.717, 1.165) is 37.4 Å². The number of hydrogen-bond acceptors (Lipinski definition) is 3. The second-order valence-corrected chi connectivity index (χ2v) is 8.14. The maximum absolute atomic E-state index is 14.0. The fourth-order valence-electron chi connectivity index (χ4n) is 5.19. The Hall–Kier alpha value is -2.50. The largest absolute Gasteiger partial charge is 0.299 e. The minimum absolute atomic E-state index is 0.188. The van der Waals surface area contributed by atoms with Crippen LogP contribution in [0.15, 0.2) is 67.0 Å². The zero-order valence-electron chi connectivity index (χ0n) is 16.1. The van der Waals surface area contributed by atoms with Gasteiger partial charge in [-0.25, -0.2) is 9.07 Å². The molecule has 5 heteroatoms. The molecule has 0 saturated carbocycles. The predicted octanol–water partition coefficient (Wildman–Crippen LogP) is 3.75. The third kappa shape index (κ3) is 3.15. The van der Waals surface area contributed by atoms with Gasteiger partial charge in [-0.05, 0) is 54.3 Å². The molecule has 0 amide bonds. The monoisotopic (exact) mass is 376 g/mol. The number of rotatable bonds is 4. The molecule has 0 N–H and O–H groups in total. The molecule has 4 nitrogen and oxygen atoms in total. The van der Waals surface area contributed by atoms with E-state index in [1.165, 1.54) is 11.6 Å². The standard InChI is InChI=1S/C23H25FN4/c1-26-13-19-15-27(16-21(19)23(26)17-6-3-2-4-7-17)14-18-12-20(24)8-9-22(18)28-11-5-10-25-28/h2-12,19,21,23H,13-16H2,1H3/t19-,21+,23-/m0/s1. The van der Waals surface area contributed by atoms with Crippen molar-refractivity contribution in [3.05, 3.63) is 83.9 Å². The van der Waals surface area contributed by atoms with Crippen LogP contribution in [-0.2, 0) is 6.54 Å². The van der Waals surface area contributed by atoms with Crippen LogP contribution in [0.3, 0.4) is 0 Å². The zero-order valence-corrected chi connectivity index (χ0v) is 16.1. The first-order valence-electron chi connectivity index (χ1n) is 9.95. The lowest BCUT2D eigenvalue weighted by Crippen LogP contribution is -2.29. The summed E-state index contributed by atoms with van der Waals surface area (Å²) in [7, 11) is 2.24. The molecule has 3 aromatic rings. The summed E-state index contributed by atoms with van der Waals surface area (Å²) in [6.07, 6.45) is 3.67. The summed E-state index contributed by atoms with van der Waals surface area (Å²) in [5.41, 5.74) is 3.36. The Balaban J connectivity index is 1.37. The average Bonchev–Trinajstić information content (AvgIpc) is 3.39. The van der Waals surface area contributed by atoms with E-state index in [-0.39, 0.29) is 5.82 Å². The summed E-state index contributed by atoms with van der Waals surface area (Å²) in [4.78, 5) is 4.99. The Bertz CT molecular complexity index is 941. The predicted molar refractivity (Wildman–Crippen MR) is 108 cm³/mol. The Kier molecular flexibility index (Phi) is 4.49. The molecular formula is C23H25FN4. The fourth-order valence-corrected chi connectivity index (χ4v) is 5.19. The summed E-state index contributed by atoms with van der Waals surface area (Å²) in [5.74, 6) is 1.10. The summed E-state index contributed by atoms with van der Waals surface area (Å²) < 4.78 is 15.8.